The van der Waals surface area contributed by atoms with E-state index in [1.54, 1.807) is 12.5 Å². The Morgan fingerprint density at radius 3 is 3.13 bits per heavy atom. The summed E-state index contributed by atoms with van der Waals surface area (Å²) in [5, 5.41) is 3.28. The van der Waals surface area contributed by atoms with Gasteiger partial charge in [-0.3, -0.25) is 0 Å². The molecule has 15 heavy (non-hydrogen) atoms. The van der Waals surface area contributed by atoms with E-state index in [4.69, 9.17) is 0 Å². The molecule has 0 amide bonds. The van der Waals surface area contributed by atoms with E-state index in [2.05, 4.69) is 33.3 Å². The van der Waals surface area contributed by atoms with Crippen LogP contribution >= 0.6 is 0 Å². The van der Waals surface area contributed by atoms with Gasteiger partial charge in [-0.15, -0.1) is 0 Å². The summed E-state index contributed by atoms with van der Waals surface area (Å²) in [5.41, 5.74) is 2.29. The summed E-state index contributed by atoms with van der Waals surface area (Å²) < 4.78 is 0. The van der Waals surface area contributed by atoms with E-state index < -0.39 is 0 Å². The number of H-pyrrole nitrogens is 1. The SMILES string of the molecule is CCc1cccnc1NCc1cnc[nH]1. The van der Waals surface area contributed by atoms with E-state index in [0.717, 1.165) is 24.5 Å². The van der Waals surface area contributed by atoms with Crippen LogP contribution in [-0.2, 0) is 13.0 Å². The number of imidazole rings is 1. The van der Waals surface area contributed by atoms with Gasteiger partial charge in [0.1, 0.15) is 5.82 Å². The maximum absolute atomic E-state index is 4.30. The number of pyridine rings is 1. The van der Waals surface area contributed by atoms with E-state index >= 15 is 0 Å². The second-order valence-corrected chi connectivity index (χ2v) is 3.30. The number of aromatic nitrogens is 3. The molecule has 2 rings (SSSR count). The molecule has 0 saturated heterocycles. The van der Waals surface area contributed by atoms with Crippen molar-refractivity contribution in [2.75, 3.05) is 5.32 Å². The molecule has 0 unspecified atom stereocenters. The van der Waals surface area contributed by atoms with Gasteiger partial charge < -0.3 is 10.3 Å². The normalized spacial score (nSPS) is 10.2. The van der Waals surface area contributed by atoms with Crippen LogP contribution in [0.2, 0.25) is 0 Å². The Morgan fingerprint density at radius 1 is 1.47 bits per heavy atom. The van der Waals surface area contributed by atoms with E-state index in [1.165, 1.54) is 5.56 Å². The molecule has 4 heteroatoms. The number of aromatic amines is 1. The molecule has 2 heterocycles. The number of hydrogen-bond acceptors (Lipinski definition) is 3. The van der Waals surface area contributed by atoms with Gasteiger partial charge in [-0.2, -0.15) is 0 Å². The van der Waals surface area contributed by atoms with Gasteiger partial charge in [-0.05, 0) is 18.1 Å². The lowest BCUT2D eigenvalue weighted by Crippen LogP contribution is -2.04. The average Bonchev–Trinajstić information content (AvgIpc) is 2.79. The van der Waals surface area contributed by atoms with Crippen LogP contribution < -0.4 is 5.32 Å². The molecule has 0 radical (unpaired) electrons. The van der Waals surface area contributed by atoms with Crippen molar-refractivity contribution in [1.29, 1.82) is 0 Å². The quantitative estimate of drug-likeness (QED) is 0.797. The highest BCUT2D eigenvalue weighted by Crippen LogP contribution is 2.12. The van der Waals surface area contributed by atoms with Crippen LogP contribution in [-0.4, -0.2) is 15.0 Å². The Bertz CT molecular complexity index is 408. The molecule has 2 N–H and O–H groups in total. The standard InChI is InChI=1S/C11H14N4/c1-2-9-4-3-5-13-11(9)14-7-10-6-12-8-15-10/h3-6,8H,2,7H2,1H3,(H,12,15)(H,13,14). The van der Waals surface area contributed by atoms with Gasteiger partial charge >= 0.3 is 0 Å². The molecule has 0 bridgehead atoms. The van der Waals surface area contributed by atoms with Crippen LogP contribution in [0.25, 0.3) is 0 Å². The molecule has 0 atom stereocenters. The molecule has 0 aliphatic carbocycles. The number of nitrogens with zero attached hydrogens (tertiary/aromatic N) is 2. The number of rotatable bonds is 4. The number of anilines is 1. The summed E-state index contributed by atoms with van der Waals surface area (Å²) >= 11 is 0. The van der Waals surface area contributed by atoms with Crippen LogP contribution in [0.1, 0.15) is 18.2 Å². The fraction of sp³-hybridized carbons (Fsp3) is 0.273. The lowest BCUT2D eigenvalue weighted by molar-refractivity contribution is 1.02. The minimum absolute atomic E-state index is 0.726. The number of hydrogen-bond donors (Lipinski definition) is 2. The molecule has 0 saturated carbocycles. The maximum Gasteiger partial charge on any atom is 0.129 e. The predicted octanol–water partition coefficient (Wildman–Crippen LogP) is 1.98. The van der Waals surface area contributed by atoms with Crippen molar-refractivity contribution >= 4 is 5.82 Å². The van der Waals surface area contributed by atoms with Crippen molar-refractivity contribution in [3.63, 3.8) is 0 Å². The Labute approximate surface area is 88.8 Å². The first-order chi connectivity index (χ1) is 7.40. The van der Waals surface area contributed by atoms with E-state index in [-0.39, 0.29) is 0 Å². The van der Waals surface area contributed by atoms with Gasteiger partial charge in [0.25, 0.3) is 0 Å². The van der Waals surface area contributed by atoms with Crippen molar-refractivity contribution in [1.82, 2.24) is 15.0 Å². The van der Waals surface area contributed by atoms with Gasteiger partial charge in [-0.1, -0.05) is 13.0 Å². The van der Waals surface area contributed by atoms with E-state index in [1.807, 2.05) is 12.3 Å². The van der Waals surface area contributed by atoms with Gasteiger partial charge in [-0.25, -0.2) is 9.97 Å². The molecule has 0 fully saturated rings. The second kappa shape index (κ2) is 4.59. The average molecular weight is 202 g/mol. The highest BCUT2D eigenvalue weighted by molar-refractivity contribution is 5.43. The smallest absolute Gasteiger partial charge is 0.129 e. The highest BCUT2D eigenvalue weighted by atomic mass is 15.0. The van der Waals surface area contributed by atoms with Crippen LogP contribution in [0.3, 0.4) is 0 Å². The summed E-state index contributed by atoms with van der Waals surface area (Å²) in [6, 6.07) is 4.04. The molecule has 2 aromatic heterocycles. The zero-order valence-corrected chi connectivity index (χ0v) is 8.70. The van der Waals surface area contributed by atoms with Crippen LogP contribution in [0.15, 0.2) is 30.9 Å². The van der Waals surface area contributed by atoms with Crippen molar-refractivity contribution < 1.29 is 0 Å². The van der Waals surface area contributed by atoms with E-state index in [0.29, 0.717) is 0 Å². The molecular weight excluding hydrogens is 188 g/mol. The largest absolute Gasteiger partial charge is 0.364 e. The van der Waals surface area contributed by atoms with Crippen molar-refractivity contribution in [2.24, 2.45) is 0 Å². The summed E-state index contributed by atoms with van der Waals surface area (Å²) in [6.07, 6.45) is 6.27. The third-order valence-electron chi connectivity index (χ3n) is 2.27. The monoisotopic (exact) mass is 202 g/mol. The molecule has 0 spiro atoms. The Balaban J connectivity index is 2.04. The van der Waals surface area contributed by atoms with Crippen molar-refractivity contribution in [3.8, 4) is 0 Å². The summed E-state index contributed by atoms with van der Waals surface area (Å²) in [5.74, 6) is 0.953. The predicted molar refractivity (Wildman–Crippen MR) is 59.5 cm³/mol. The van der Waals surface area contributed by atoms with Gasteiger partial charge in [0, 0.05) is 12.4 Å². The fourth-order valence-electron chi connectivity index (χ4n) is 1.44. The Hall–Kier alpha value is -1.84. The fourth-order valence-corrected chi connectivity index (χ4v) is 1.44. The maximum atomic E-state index is 4.30. The molecule has 4 nitrogen and oxygen atoms in total. The van der Waals surface area contributed by atoms with Crippen LogP contribution in [0.5, 0.6) is 0 Å². The lowest BCUT2D eigenvalue weighted by Gasteiger charge is -2.07. The summed E-state index contributed by atoms with van der Waals surface area (Å²) in [4.78, 5) is 11.3. The Morgan fingerprint density at radius 2 is 2.40 bits per heavy atom. The van der Waals surface area contributed by atoms with Gasteiger partial charge in [0.2, 0.25) is 0 Å². The van der Waals surface area contributed by atoms with Crippen molar-refractivity contribution in [3.05, 3.63) is 42.1 Å². The molecule has 0 aromatic carbocycles. The second-order valence-electron chi connectivity index (χ2n) is 3.30. The minimum Gasteiger partial charge on any atom is -0.364 e. The lowest BCUT2D eigenvalue weighted by atomic mass is 10.2. The van der Waals surface area contributed by atoms with Gasteiger partial charge in [0.05, 0.1) is 18.6 Å². The minimum atomic E-state index is 0.726. The van der Waals surface area contributed by atoms with E-state index in [9.17, 15) is 0 Å². The zero-order valence-electron chi connectivity index (χ0n) is 8.70. The summed E-state index contributed by atoms with van der Waals surface area (Å²) in [7, 11) is 0. The summed E-state index contributed by atoms with van der Waals surface area (Å²) in [6.45, 7) is 2.85. The first-order valence-electron chi connectivity index (χ1n) is 5.05. The highest BCUT2D eigenvalue weighted by Gasteiger charge is 2.00. The molecule has 0 aliphatic rings. The van der Waals surface area contributed by atoms with Crippen molar-refractivity contribution in [2.45, 2.75) is 19.9 Å². The van der Waals surface area contributed by atoms with Crippen LogP contribution in [0, 0.1) is 0 Å². The Kier molecular flexibility index (Phi) is 2.97. The van der Waals surface area contributed by atoms with Gasteiger partial charge in [0.15, 0.2) is 0 Å². The van der Waals surface area contributed by atoms with Crippen LogP contribution in [0.4, 0.5) is 5.82 Å². The number of aryl methyl sites for hydroxylation is 1. The zero-order chi connectivity index (χ0) is 10.5. The molecule has 2 aromatic rings. The number of nitrogens with one attached hydrogen (secondary N) is 2. The first-order valence-corrected chi connectivity index (χ1v) is 5.05. The molecular formula is C11H14N4. The molecule has 78 valence electrons. The third-order valence-corrected chi connectivity index (χ3v) is 2.27. The third kappa shape index (κ3) is 2.34. The topological polar surface area (TPSA) is 53.6 Å². The molecule has 0 aliphatic heterocycles. The first kappa shape index (κ1) is 9.71.